The Bertz CT molecular complexity index is 318. The van der Waals surface area contributed by atoms with Gasteiger partial charge in [-0.2, -0.15) is 0 Å². The molecular formula is C8H10N2O4. The molecular weight excluding hydrogens is 188 g/mol. The Kier molecular flexibility index (Phi) is 3.22. The normalized spacial score (nSPS) is 9.57. The lowest BCUT2D eigenvalue weighted by Crippen LogP contribution is -2.07. The average molecular weight is 198 g/mol. The van der Waals surface area contributed by atoms with E-state index in [-0.39, 0.29) is 18.2 Å². The van der Waals surface area contributed by atoms with Crippen molar-refractivity contribution in [1.29, 1.82) is 0 Å². The fourth-order valence-corrected chi connectivity index (χ4v) is 1.04. The minimum atomic E-state index is -0.989. The Hall–Kier alpha value is -1.85. The van der Waals surface area contributed by atoms with E-state index < -0.39 is 5.97 Å². The van der Waals surface area contributed by atoms with Crippen LogP contribution in [0.2, 0.25) is 0 Å². The van der Waals surface area contributed by atoms with Gasteiger partial charge in [0.05, 0.1) is 26.2 Å². The maximum atomic E-state index is 10.5. The maximum Gasteiger partial charge on any atom is 0.308 e. The minimum absolute atomic E-state index is 0.222. The van der Waals surface area contributed by atoms with Crippen LogP contribution >= 0.6 is 0 Å². The SMILES string of the molecule is COc1ncnc(OC)c1CC(=O)O. The topological polar surface area (TPSA) is 81.5 Å². The van der Waals surface area contributed by atoms with Crippen LogP contribution < -0.4 is 9.47 Å². The number of carbonyl (C=O) groups is 1. The van der Waals surface area contributed by atoms with E-state index in [4.69, 9.17) is 14.6 Å². The maximum absolute atomic E-state index is 10.5. The van der Waals surface area contributed by atoms with E-state index in [0.29, 0.717) is 5.56 Å². The van der Waals surface area contributed by atoms with Gasteiger partial charge in [0.1, 0.15) is 6.33 Å². The number of rotatable bonds is 4. The summed E-state index contributed by atoms with van der Waals surface area (Å²) in [5, 5.41) is 8.64. The third-order valence-electron chi connectivity index (χ3n) is 1.58. The summed E-state index contributed by atoms with van der Waals surface area (Å²) in [6.45, 7) is 0. The van der Waals surface area contributed by atoms with E-state index in [1.54, 1.807) is 0 Å². The number of ether oxygens (including phenoxy) is 2. The Morgan fingerprint density at radius 1 is 1.36 bits per heavy atom. The number of aliphatic carboxylic acids is 1. The fourth-order valence-electron chi connectivity index (χ4n) is 1.04. The Morgan fingerprint density at radius 2 is 1.86 bits per heavy atom. The van der Waals surface area contributed by atoms with Crippen molar-refractivity contribution >= 4 is 5.97 Å². The zero-order chi connectivity index (χ0) is 10.6. The van der Waals surface area contributed by atoms with E-state index in [1.165, 1.54) is 20.5 Å². The number of methoxy groups -OCH3 is 2. The van der Waals surface area contributed by atoms with Gasteiger partial charge in [-0.05, 0) is 0 Å². The van der Waals surface area contributed by atoms with Gasteiger partial charge < -0.3 is 14.6 Å². The summed E-state index contributed by atoms with van der Waals surface area (Å²) >= 11 is 0. The van der Waals surface area contributed by atoms with Crippen LogP contribution in [-0.4, -0.2) is 35.3 Å². The third kappa shape index (κ3) is 2.09. The summed E-state index contributed by atoms with van der Waals surface area (Å²) in [6, 6.07) is 0. The molecule has 6 heteroatoms. The van der Waals surface area contributed by atoms with Crippen LogP contribution in [0.25, 0.3) is 0 Å². The fraction of sp³-hybridized carbons (Fsp3) is 0.375. The van der Waals surface area contributed by atoms with Gasteiger partial charge in [0.25, 0.3) is 0 Å². The number of carboxylic acids is 1. The molecule has 1 rings (SSSR count). The van der Waals surface area contributed by atoms with E-state index in [0.717, 1.165) is 0 Å². The van der Waals surface area contributed by atoms with Gasteiger partial charge in [-0.3, -0.25) is 4.79 Å². The number of aromatic nitrogens is 2. The smallest absolute Gasteiger partial charge is 0.308 e. The summed E-state index contributed by atoms with van der Waals surface area (Å²) in [5.74, 6) is -0.546. The molecule has 0 amide bonds. The number of nitrogens with zero attached hydrogens (tertiary/aromatic N) is 2. The molecule has 0 aromatic carbocycles. The van der Waals surface area contributed by atoms with Crippen molar-refractivity contribution in [2.24, 2.45) is 0 Å². The summed E-state index contributed by atoms with van der Waals surface area (Å²) in [4.78, 5) is 18.1. The molecule has 1 heterocycles. The number of hydrogen-bond acceptors (Lipinski definition) is 5. The van der Waals surface area contributed by atoms with Gasteiger partial charge >= 0.3 is 5.97 Å². The lowest BCUT2D eigenvalue weighted by atomic mass is 10.2. The van der Waals surface area contributed by atoms with Gasteiger partial charge in [-0.1, -0.05) is 0 Å². The quantitative estimate of drug-likeness (QED) is 0.740. The molecule has 0 aliphatic rings. The van der Waals surface area contributed by atoms with Crippen molar-refractivity contribution in [3.63, 3.8) is 0 Å². The molecule has 0 atom stereocenters. The minimum Gasteiger partial charge on any atom is -0.481 e. The first-order chi connectivity index (χ1) is 6.69. The number of carboxylic acid groups (broad SMARTS) is 1. The first-order valence-electron chi connectivity index (χ1n) is 3.82. The molecule has 1 aromatic rings. The predicted molar refractivity (Wildman–Crippen MR) is 46.5 cm³/mol. The molecule has 0 radical (unpaired) electrons. The Morgan fingerprint density at radius 3 is 2.21 bits per heavy atom. The van der Waals surface area contributed by atoms with Gasteiger partial charge in [0.15, 0.2) is 0 Å². The first-order valence-corrected chi connectivity index (χ1v) is 3.82. The molecule has 0 unspecified atom stereocenters. The second-order valence-corrected chi connectivity index (χ2v) is 2.44. The summed E-state index contributed by atoms with van der Waals surface area (Å²) < 4.78 is 9.79. The van der Waals surface area contributed by atoms with Crippen LogP contribution in [0, 0.1) is 0 Å². The molecule has 0 saturated heterocycles. The van der Waals surface area contributed by atoms with Crippen LogP contribution in [0.5, 0.6) is 11.8 Å². The van der Waals surface area contributed by atoms with Crippen LogP contribution in [0.15, 0.2) is 6.33 Å². The van der Waals surface area contributed by atoms with E-state index >= 15 is 0 Å². The highest BCUT2D eigenvalue weighted by atomic mass is 16.5. The van der Waals surface area contributed by atoms with E-state index in [2.05, 4.69) is 9.97 Å². The molecule has 0 aliphatic heterocycles. The molecule has 6 nitrogen and oxygen atoms in total. The van der Waals surface area contributed by atoms with Crippen LogP contribution in [0.3, 0.4) is 0 Å². The largest absolute Gasteiger partial charge is 0.481 e. The third-order valence-corrected chi connectivity index (χ3v) is 1.58. The van der Waals surface area contributed by atoms with E-state index in [9.17, 15) is 4.79 Å². The monoisotopic (exact) mass is 198 g/mol. The molecule has 1 aromatic heterocycles. The van der Waals surface area contributed by atoms with Gasteiger partial charge in [-0.25, -0.2) is 9.97 Å². The van der Waals surface area contributed by atoms with Crippen molar-refractivity contribution in [3.05, 3.63) is 11.9 Å². The standard InChI is InChI=1S/C8H10N2O4/c1-13-7-5(3-6(11)12)8(14-2)10-4-9-7/h4H,3H2,1-2H3,(H,11,12). The average Bonchev–Trinajstić information content (AvgIpc) is 2.17. The van der Waals surface area contributed by atoms with Crippen LogP contribution in [-0.2, 0) is 11.2 Å². The summed E-state index contributed by atoms with van der Waals surface area (Å²) in [6.07, 6.45) is 1.02. The summed E-state index contributed by atoms with van der Waals surface area (Å²) in [5.41, 5.74) is 0.338. The molecule has 0 spiro atoms. The van der Waals surface area contributed by atoms with Crippen molar-refractivity contribution in [2.45, 2.75) is 6.42 Å². The van der Waals surface area contributed by atoms with Crippen molar-refractivity contribution in [1.82, 2.24) is 9.97 Å². The second kappa shape index (κ2) is 4.40. The van der Waals surface area contributed by atoms with Crippen molar-refractivity contribution in [3.8, 4) is 11.8 Å². The molecule has 0 saturated carbocycles. The molecule has 0 aliphatic carbocycles. The van der Waals surface area contributed by atoms with Gasteiger partial charge in [0.2, 0.25) is 11.8 Å². The molecule has 0 fully saturated rings. The van der Waals surface area contributed by atoms with Crippen molar-refractivity contribution < 1.29 is 19.4 Å². The van der Waals surface area contributed by atoms with Crippen LogP contribution in [0.1, 0.15) is 5.56 Å². The lowest BCUT2D eigenvalue weighted by Gasteiger charge is -2.08. The second-order valence-electron chi connectivity index (χ2n) is 2.44. The zero-order valence-electron chi connectivity index (χ0n) is 7.85. The summed E-state index contributed by atoms with van der Waals surface area (Å²) in [7, 11) is 2.82. The van der Waals surface area contributed by atoms with Crippen LogP contribution in [0.4, 0.5) is 0 Å². The Balaban J connectivity index is 3.12. The zero-order valence-corrected chi connectivity index (χ0v) is 7.85. The molecule has 76 valence electrons. The molecule has 0 bridgehead atoms. The Labute approximate surface area is 80.5 Å². The predicted octanol–water partition coefficient (Wildman–Crippen LogP) is 0.121. The molecule has 1 N–H and O–H groups in total. The first kappa shape index (κ1) is 10.2. The highest BCUT2D eigenvalue weighted by molar-refractivity contribution is 5.71. The van der Waals surface area contributed by atoms with Gasteiger partial charge in [0, 0.05) is 0 Å². The van der Waals surface area contributed by atoms with Gasteiger partial charge in [-0.15, -0.1) is 0 Å². The van der Waals surface area contributed by atoms with Crippen molar-refractivity contribution in [2.75, 3.05) is 14.2 Å². The molecule has 14 heavy (non-hydrogen) atoms. The highest BCUT2D eigenvalue weighted by Crippen LogP contribution is 2.23. The number of hydrogen-bond donors (Lipinski definition) is 1. The highest BCUT2D eigenvalue weighted by Gasteiger charge is 2.15. The van der Waals surface area contributed by atoms with E-state index in [1.807, 2.05) is 0 Å². The lowest BCUT2D eigenvalue weighted by molar-refractivity contribution is -0.136.